The highest BCUT2D eigenvalue weighted by Gasteiger charge is 2.25. The third kappa shape index (κ3) is 3.35. The van der Waals surface area contributed by atoms with Gasteiger partial charge in [0.25, 0.3) is 0 Å². The maximum absolute atomic E-state index is 11.8. The van der Waals surface area contributed by atoms with Gasteiger partial charge in [-0.15, -0.1) is 11.3 Å². The molecule has 1 aliphatic heterocycles. The third-order valence-electron chi connectivity index (χ3n) is 5.14. The van der Waals surface area contributed by atoms with Crippen LogP contribution in [0.15, 0.2) is 6.33 Å². The smallest absolute Gasteiger partial charge is 0.234 e. The Bertz CT molecular complexity index is 766. The molecule has 4 rings (SSSR count). The summed E-state index contributed by atoms with van der Waals surface area (Å²) in [7, 11) is 0. The number of aryl methyl sites for hydroxylation is 2. The number of nitrogens with one attached hydrogen (secondary N) is 1. The zero-order valence-corrected chi connectivity index (χ0v) is 15.6. The van der Waals surface area contributed by atoms with E-state index in [-0.39, 0.29) is 5.91 Å². The average Bonchev–Trinajstić information content (AvgIpc) is 3.01. The van der Waals surface area contributed by atoms with E-state index in [0.717, 1.165) is 43.2 Å². The number of aromatic nitrogens is 2. The fourth-order valence-corrected chi connectivity index (χ4v) is 5.11. The van der Waals surface area contributed by atoms with Crippen LogP contribution in [0.2, 0.25) is 0 Å². The van der Waals surface area contributed by atoms with Crippen molar-refractivity contribution in [2.45, 2.75) is 32.6 Å². The molecule has 0 spiro atoms. The molecular formula is C18H25N5OS. The fraction of sp³-hybridized carbons (Fsp3) is 0.611. The number of rotatable bonds is 4. The minimum Gasteiger partial charge on any atom is -0.355 e. The molecule has 6 nitrogen and oxygen atoms in total. The second-order valence-corrected chi connectivity index (χ2v) is 7.89. The summed E-state index contributed by atoms with van der Waals surface area (Å²) in [5.41, 5.74) is 1.49. The van der Waals surface area contributed by atoms with Crippen LogP contribution >= 0.6 is 11.3 Å². The predicted molar refractivity (Wildman–Crippen MR) is 101 cm³/mol. The van der Waals surface area contributed by atoms with Crippen LogP contribution in [0.3, 0.4) is 0 Å². The van der Waals surface area contributed by atoms with Crippen LogP contribution in [0.25, 0.3) is 10.2 Å². The first-order valence-corrected chi connectivity index (χ1v) is 10.1. The first-order chi connectivity index (χ1) is 12.3. The van der Waals surface area contributed by atoms with Crippen molar-refractivity contribution in [1.29, 1.82) is 0 Å². The van der Waals surface area contributed by atoms with E-state index in [1.807, 2.05) is 18.3 Å². The van der Waals surface area contributed by atoms with Crippen LogP contribution in [0.5, 0.6) is 0 Å². The Morgan fingerprint density at radius 1 is 1.20 bits per heavy atom. The van der Waals surface area contributed by atoms with Gasteiger partial charge in [0.05, 0.1) is 11.9 Å². The van der Waals surface area contributed by atoms with Crippen molar-refractivity contribution in [3.8, 4) is 0 Å². The van der Waals surface area contributed by atoms with Gasteiger partial charge in [0.1, 0.15) is 17.0 Å². The number of nitrogens with zero attached hydrogens (tertiary/aromatic N) is 4. The van der Waals surface area contributed by atoms with Crippen molar-refractivity contribution < 1.29 is 4.79 Å². The van der Waals surface area contributed by atoms with E-state index in [9.17, 15) is 4.79 Å². The predicted octanol–water partition coefficient (Wildman–Crippen LogP) is 1.83. The minimum absolute atomic E-state index is 0.118. The fourth-order valence-electron chi connectivity index (χ4n) is 3.89. The van der Waals surface area contributed by atoms with Gasteiger partial charge in [-0.25, -0.2) is 9.97 Å². The largest absolute Gasteiger partial charge is 0.355 e. The molecule has 0 radical (unpaired) electrons. The summed E-state index contributed by atoms with van der Waals surface area (Å²) in [5.74, 6) is 1.22. The van der Waals surface area contributed by atoms with E-state index in [1.165, 1.54) is 35.1 Å². The van der Waals surface area contributed by atoms with Gasteiger partial charge in [-0.3, -0.25) is 9.69 Å². The molecule has 1 N–H and O–H groups in total. The molecule has 1 amide bonds. The summed E-state index contributed by atoms with van der Waals surface area (Å²) in [4.78, 5) is 28.2. The summed E-state index contributed by atoms with van der Waals surface area (Å²) in [5, 5.41) is 4.17. The first-order valence-electron chi connectivity index (χ1n) is 9.25. The summed E-state index contributed by atoms with van der Waals surface area (Å²) >= 11 is 1.85. The quantitative estimate of drug-likeness (QED) is 0.902. The minimum atomic E-state index is 0.118. The Hall–Kier alpha value is -1.73. The molecule has 0 aromatic carbocycles. The van der Waals surface area contributed by atoms with Gasteiger partial charge in [0, 0.05) is 37.6 Å². The topological polar surface area (TPSA) is 61.4 Å². The van der Waals surface area contributed by atoms with E-state index in [1.54, 1.807) is 6.33 Å². The van der Waals surface area contributed by atoms with Crippen molar-refractivity contribution in [2.24, 2.45) is 0 Å². The van der Waals surface area contributed by atoms with Gasteiger partial charge in [-0.2, -0.15) is 0 Å². The van der Waals surface area contributed by atoms with E-state index in [4.69, 9.17) is 0 Å². The van der Waals surface area contributed by atoms with Gasteiger partial charge in [-0.05, 0) is 38.2 Å². The lowest BCUT2D eigenvalue weighted by Gasteiger charge is -2.35. The molecule has 134 valence electrons. The number of anilines is 1. The van der Waals surface area contributed by atoms with E-state index < -0.39 is 0 Å². The monoisotopic (exact) mass is 359 g/mol. The molecular weight excluding hydrogens is 334 g/mol. The molecule has 1 fully saturated rings. The van der Waals surface area contributed by atoms with Crippen molar-refractivity contribution >= 4 is 33.3 Å². The number of carbonyl (C=O) groups is 1. The van der Waals surface area contributed by atoms with Gasteiger partial charge >= 0.3 is 0 Å². The standard InChI is InChI=1S/C18H25N5OS/c1-2-19-15(24)11-22-7-9-23(10-8-22)17-16-13-5-3-4-6-14(13)25-18(16)21-12-20-17/h12H,2-11H2,1H3,(H,19,24). The number of piperazine rings is 1. The van der Waals surface area contributed by atoms with E-state index in [0.29, 0.717) is 13.1 Å². The lowest BCUT2D eigenvalue weighted by Crippen LogP contribution is -2.49. The second-order valence-electron chi connectivity index (χ2n) is 6.81. The van der Waals surface area contributed by atoms with Crippen LogP contribution in [0.4, 0.5) is 5.82 Å². The zero-order valence-electron chi connectivity index (χ0n) is 14.8. The molecule has 3 heterocycles. The number of thiophene rings is 1. The number of hydrogen-bond donors (Lipinski definition) is 1. The maximum atomic E-state index is 11.8. The van der Waals surface area contributed by atoms with E-state index >= 15 is 0 Å². The highest BCUT2D eigenvalue weighted by atomic mass is 32.1. The summed E-state index contributed by atoms with van der Waals surface area (Å²) in [6.45, 7) is 6.77. The lowest BCUT2D eigenvalue weighted by molar-refractivity contribution is -0.122. The van der Waals surface area contributed by atoms with Crippen molar-refractivity contribution in [1.82, 2.24) is 20.2 Å². The van der Waals surface area contributed by atoms with Crippen LogP contribution < -0.4 is 10.2 Å². The van der Waals surface area contributed by atoms with Crippen LogP contribution in [-0.4, -0.2) is 60.0 Å². The molecule has 0 bridgehead atoms. The molecule has 2 aliphatic rings. The highest BCUT2D eigenvalue weighted by Crippen LogP contribution is 2.39. The van der Waals surface area contributed by atoms with Crippen molar-refractivity contribution in [3.63, 3.8) is 0 Å². The second kappa shape index (κ2) is 7.25. The van der Waals surface area contributed by atoms with Gasteiger partial charge in [0.2, 0.25) is 5.91 Å². The third-order valence-corrected chi connectivity index (χ3v) is 6.34. The zero-order chi connectivity index (χ0) is 17.2. The summed E-state index contributed by atoms with van der Waals surface area (Å²) in [6.07, 6.45) is 6.62. The number of likely N-dealkylation sites (N-methyl/N-ethyl adjacent to an activating group) is 1. The number of hydrogen-bond acceptors (Lipinski definition) is 6. The Balaban J connectivity index is 1.52. The SMILES string of the molecule is CCNC(=O)CN1CCN(c2ncnc3sc4c(c23)CCCC4)CC1. The van der Waals surface area contributed by atoms with Gasteiger partial charge in [-0.1, -0.05) is 0 Å². The molecule has 0 unspecified atom stereocenters. The molecule has 2 aromatic rings. The average molecular weight is 359 g/mol. The Morgan fingerprint density at radius 3 is 2.80 bits per heavy atom. The number of carbonyl (C=O) groups excluding carboxylic acids is 1. The molecule has 0 saturated carbocycles. The van der Waals surface area contributed by atoms with Crippen LogP contribution in [0.1, 0.15) is 30.2 Å². The van der Waals surface area contributed by atoms with Crippen molar-refractivity contribution in [3.05, 3.63) is 16.8 Å². The molecule has 0 atom stereocenters. The Kier molecular flexibility index (Phi) is 4.85. The highest BCUT2D eigenvalue weighted by molar-refractivity contribution is 7.19. The Morgan fingerprint density at radius 2 is 2.00 bits per heavy atom. The van der Waals surface area contributed by atoms with Gasteiger partial charge in [0.15, 0.2) is 0 Å². The normalized spacial score (nSPS) is 18.4. The Labute approximate surface area is 152 Å². The summed E-state index contributed by atoms with van der Waals surface area (Å²) in [6, 6.07) is 0. The molecule has 25 heavy (non-hydrogen) atoms. The van der Waals surface area contributed by atoms with E-state index in [2.05, 4.69) is 25.1 Å². The molecule has 7 heteroatoms. The van der Waals surface area contributed by atoms with Gasteiger partial charge < -0.3 is 10.2 Å². The number of amides is 1. The molecule has 2 aromatic heterocycles. The maximum Gasteiger partial charge on any atom is 0.234 e. The van der Waals surface area contributed by atoms with Crippen LogP contribution in [0, 0.1) is 0 Å². The number of fused-ring (bicyclic) bond motifs is 3. The molecule has 1 aliphatic carbocycles. The first kappa shape index (κ1) is 16.7. The van der Waals surface area contributed by atoms with Crippen LogP contribution in [-0.2, 0) is 17.6 Å². The van der Waals surface area contributed by atoms with Crippen molar-refractivity contribution in [2.75, 3.05) is 44.2 Å². The molecule has 1 saturated heterocycles. The summed E-state index contributed by atoms with van der Waals surface area (Å²) < 4.78 is 0. The lowest BCUT2D eigenvalue weighted by atomic mass is 9.97.